The van der Waals surface area contributed by atoms with Crippen LogP contribution in [0.1, 0.15) is 12.0 Å². The van der Waals surface area contributed by atoms with Crippen molar-refractivity contribution in [3.8, 4) is 0 Å². The lowest BCUT2D eigenvalue weighted by Gasteiger charge is -2.32. The summed E-state index contributed by atoms with van der Waals surface area (Å²) < 4.78 is 5.42. The van der Waals surface area contributed by atoms with Crippen LogP contribution in [0.5, 0.6) is 0 Å². The molecule has 0 bridgehead atoms. The minimum atomic E-state index is 0.442. The number of aromatic nitrogens is 1. The zero-order valence-electron chi connectivity index (χ0n) is 11.5. The van der Waals surface area contributed by atoms with E-state index < -0.39 is 0 Å². The lowest BCUT2D eigenvalue weighted by atomic mass is 10.2. The fraction of sp³-hybridized carbons (Fsp3) is 0.571. The first-order valence-electron chi connectivity index (χ1n) is 7.06. The Kier molecular flexibility index (Phi) is 4.14. The second-order valence-electron chi connectivity index (χ2n) is 5.29. The molecule has 20 heavy (non-hydrogen) atoms. The number of hydrogen-bond donors (Lipinski definition) is 1. The highest BCUT2D eigenvalue weighted by Crippen LogP contribution is 2.26. The summed E-state index contributed by atoms with van der Waals surface area (Å²) in [6, 6.07) is 2.50. The second-order valence-corrected chi connectivity index (χ2v) is 5.73. The lowest BCUT2D eigenvalue weighted by molar-refractivity contribution is 0.0209. The number of thiocarbonyl (C=S) groups is 1. The molecule has 0 spiro atoms. The zero-order chi connectivity index (χ0) is 13.9. The number of morpholine rings is 1. The van der Waals surface area contributed by atoms with Crippen LogP contribution >= 0.6 is 12.2 Å². The summed E-state index contributed by atoms with van der Waals surface area (Å²) in [5, 5.41) is 0. The Morgan fingerprint density at radius 2 is 2.15 bits per heavy atom. The molecule has 0 aliphatic carbocycles. The number of hydrogen-bond acceptors (Lipinski definition) is 5. The van der Waals surface area contributed by atoms with Gasteiger partial charge in [0.2, 0.25) is 0 Å². The Balaban J connectivity index is 1.72. The molecular weight excluding hydrogens is 272 g/mol. The van der Waals surface area contributed by atoms with Crippen molar-refractivity contribution in [1.82, 2.24) is 9.88 Å². The fourth-order valence-corrected chi connectivity index (χ4v) is 3.22. The van der Waals surface area contributed by atoms with Crippen molar-refractivity contribution in [1.29, 1.82) is 0 Å². The van der Waals surface area contributed by atoms with Crippen molar-refractivity contribution < 1.29 is 4.74 Å². The van der Waals surface area contributed by atoms with Crippen LogP contribution in [0.4, 0.5) is 5.69 Å². The molecule has 0 radical (unpaired) electrons. The molecule has 2 aliphatic heterocycles. The van der Waals surface area contributed by atoms with Gasteiger partial charge in [-0.3, -0.25) is 9.88 Å². The lowest BCUT2D eigenvalue weighted by Crippen LogP contribution is -2.44. The van der Waals surface area contributed by atoms with Crippen LogP contribution < -0.4 is 10.6 Å². The van der Waals surface area contributed by atoms with Crippen LogP contribution in [-0.4, -0.2) is 60.3 Å². The fourth-order valence-electron chi connectivity index (χ4n) is 3.05. The molecule has 2 fully saturated rings. The van der Waals surface area contributed by atoms with Gasteiger partial charge >= 0.3 is 0 Å². The van der Waals surface area contributed by atoms with Gasteiger partial charge in [-0.2, -0.15) is 0 Å². The van der Waals surface area contributed by atoms with Crippen molar-refractivity contribution in [2.75, 3.05) is 44.3 Å². The summed E-state index contributed by atoms with van der Waals surface area (Å²) in [5.41, 5.74) is 7.80. The molecule has 2 aliphatic rings. The number of ether oxygens (including phenoxy) is 1. The molecule has 6 heteroatoms. The van der Waals surface area contributed by atoms with E-state index in [9.17, 15) is 0 Å². The molecule has 0 aromatic carbocycles. The highest BCUT2D eigenvalue weighted by atomic mass is 32.1. The first-order valence-corrected chi connectivity index (χ1v) is 7.47. The van der Waals surface area contributed by atoms with Crippen molar-refractivity contribution >= 4 is 22.9 Å². The second kappa shape index (κ2) is 6.03. The predicted molar refractivity (Wildman–Crippen MR) is 83.1 cm³/mol. The monoisotopic (exact) mass is 292 g/mol. The number of pyridine rings is 1. The van der Waals surface area contributed by atoms with Crippen molar-refractivity contribution in [3.63, 3.8) is 0 Å². The maximum Gasteiger partial charge on any atom is 0.106 e. The van der Waals surface area contributed by atoms with Gasteiger partial charge in [0.05, 0.1) is 25.1 Å². The molecule has 0 amide bonds. The van der Waals surface area contributed by atoms with Gasteiger partial charge in [0.1, 0.15) is 4.99 Å². The van der Waals surface area contributed by atoms with E-state index in [2.05, 4.69) is 14.8 Å². The topological polar surface area (TPSA) is 54.6 Å². The summed E-state index contributed by atoms with van der Waals surface area (Å²) in [7, 11) is 0. The SMILES string of the molecule is NC(=S)c1ccncc1N1CCC(N2CCOCC2)C1. The van der Waals surface area contributed by atoms with Crippen LogP contribution in [-0.2, 0) is 4.74 Å². The number of rotatable bonds is 3. The highest BCUT2D eigenvalue weighted by molar-refractivity contribution is 7.80. The van der Waals surface area contributed by atoms with E-state index in [4.69, 9.17) is 22.7 Å². The minimum absolute atomic E-state index is 0.442. The standard InChI is InChI=1S/C14H20N4OS/c15-14(20)12-1-3-16-9-13(12)18-4-2-11(10-18)17-5-7-19-8-6-17/h1,3,9,11H,2,4-8,10H2,(H2,15,20). The van der Waals surface area contributed by atoms with Gasteiger partial charge in [0.25, 0.3) is 0 Å². The third kappa shape index (κ3) is 2.77. The largest absolute Gasteiger partial charge is 0.389 e. The maximum absolute atomic E-state index is 5.81. The van der Waals surface area contributed by atoms with E-state index >= 15 is 0 Å². The van der Waals surface area contributed by atoms with Gasteiger partial charge in [0.15, 0.2) is 0 Å². The first-order chi connectivity index (χ1) is 9.75. The molecule has 3 rings (SSSR count). The van der Waals surface area contributed by atoms with Crippen molar-refractivity contribution in [2.24, 2.45) is 5.73 Å². The maximum atomic E-state index is 5.81. The minimum Gasteiger partial charge on any atom is -0.389 e. The Labute approximate surface area is 124 Å². The molecule has 1 aromatic rings. The Hall–Kier alpha value is -1.24. The highest BCUT2D eigenvalue weighted by Gasteiger charge is 2.29. The summed E-state index contributed by atoms with van der Waals surface area (Å²) >= 11 is 5.14. The summed E-state index contributed by atoms with van der Waals surface area (Å²) in [6.45, 7) is 5.81. The molecule has 5 nitrogen and oxygen atoms in total. The van der Waals surface area contributed by atoms with Crippen LogP contribution in [0.25, 0.3) is 0 Å². The van der Waals surface area contributed by atoms with Gasteiger partial charge < -0.3 is 15.4 Å². The van der Waals surface area contributed by atoms with Gasteiger partial charge in [-0.05, 0) is 12.5 Å². The third-order valence-corrected chi connectivity index (χ3v) is 4.35. The van der Waals surface area contributed by atoms with Crippen LogP contribution in [0, 0.1) is 0 Å². The van der Waals surface area contributed by atoms with E-state index in [-0.39, 0.29) is 0 Å². The summed E-state index contributed by atoms with van der Waals surface area (Å²) in [6.07, 6.45) is 4.79. The van der Waals surface area contributed by atoms with Crippen LogP contribution in [0.2, 0.25) is 0 Å². The van der Waals surface area contributed by atoms with E-state index in [0.29, 0.717) is 11.0 Å². The molecule has 3 heterocycles. The number of nitrogens with zero attached hydrogens (tertiary/aromatic N) is 3. The molecule has 0 saturated carbocycles. The van der Waals surface area contributed by atoms with E-state index in [1.807, 2.05) is 12.3 Å². The van der Waals surface area contributed by atoms with Crippen LogP contribution in [0.3, 0.4) is 0 Å². The van der Waals surface area contributed by atoms with Gasteiger partial charge in [-0.15, -0.1) is 0 Å². The molecule has 1 unspecified atom stereocenters. The molecule has 108 valence electrons. The molecule has 1 atom stereocenters. The smallest absolute Gasteiger partial charge is 0.106 e. The summed E-state index contributed by atoms with van der Waals surface area (Å²) in [5.74, 6) is 0. The molecule has 1 aromatic heterocycles. The Morgan fingerprint density at radius 3 is 2.90 bits per heavy atom. The average molecular weight is 292 g/mol. The average Bonchev–Trinajstić information content (AvgIpc) is 2.98. The predicted octanol–water partition coefficient (Wildman–Crippen LogP) is 0.627. The quantitative estimate of drug-likeness (QED) is 0.825. The first kappa shape index (κ1) is 13.7. The van der Waals surface area contributed by atoms with Crippen LogP contribution in [0.15, 0.2) is 18.5 Å². The van der Waals surface area contributed by atoms with E-state index in [1.54, 1.807) is 6.20 Å². The van der Waals surface area contributed by atoms with Crippen molar-refractivity contribution in [3.05, 3.63) is 24.0 Å². The number of nitrogens with two attached hydrogens (primary N) is 1. The Bertz CT molecular complexity index is 490. The summed E-state index contributed by atoms with van der Waals surface area (Å²) in [4.78, 5) is 9.54. The molecule has 2 saturated heterocycles. The molecule has 2 N–H and O–H groups in total. The van der Waals surface area contributed by atoms with Gasteiger partial charge in [0, 0.05) is 44.0 Å². The third-order valence-electron chi connectivity index (χ3n) is 4.13. The van der Waals surface area contributed by atoms with E-state index in [1.165, 1.54) is 6.42 Å². The Morgan fingerprint density at radius 1 is 1.35 bits per heavy atom. The normalized spacial score (nSPS) is 24.0. The van der Waals surface area contributed by atoms with Gasteiger partial charge in [-0.1, -0.05) is 12.2 Å². The zero-order valence-corrected chi connectivity index (χ0v) is 12.3. The van der Waals surface area contributed by atoms with Crippen molar-refractivity contribution in [2.45, 2.75) is 12.5 Å². The number of anilines is 1. The van der Waals surface area contributed by atoms with E-state index in [0.717, 1.165) is 50.6 Å². The molecular formula is C14H20N4OS. The van der Waals surface area contributed by atoms with Gasteiger partial charge in [-0.25, -0.2) is 0 Å².